The molecule has 2 amide bonds. The van der Waals surface area contributed by atoms with Crippen LogP contribution in [0.1, 0.15) is 26.5 Å². The molecule has 2 aromatic heterocycles. The first-order valence-electron chi connectivity index (χ1n) is 8.74. The Balaban J connectivity index is 1.35. The molecule has 0 unspecified atom stereocenters. The second-order valence-electron chi connectivity index (χ2n) is 6.12. The lowest BCUT2D eigenvalue weighted by Gasteiger charge is -2.08. The summed E-state index contributed by atoms with van der Waals surface area (Å²) >= 11 is 0. The Morgan fingerprint density at radius 2 is 1.86 bits per heavy atom. The fourth-order valence-corrected chi connectivity index (χ4v) is 2.66. The van der Waals surface area contributed by atoms with Crippen molar-refractivity contribution in [1.29, 1.82) is 0 Å². The van der Waals surface area contributed by atoms with Crippen LogP contribution in [-0.2, 0) is 6.54 Å². The molecule has 0 fully saturated rings. The molecule has 4 aromatic rings. The Hall–Kier alpha value is -4.27. The van der Waals surface area contributed by atoms with Gasteiger partial charge in [-0.1, -0.05) is 18.2 Å². The van der Waals surface area contributed by atoms with Crippen LogP contribution in [0.2, 0.25) is 0 Å². The molecule has 0 saturated carbocycles. The van der Waals surface area contributed by atoms with E-state index in [9.17, 15) is 9.59 Å². The maximum atomic E-state index is 12.4. The molecule has 144 valence electrons. The molecule has 2 N–H and O–H groups in total. The first-order valence-corrected chi connectivity index (χ1v) is 8.74. The van der Waals surface area contributed by atoms with E-state index in [1.807, 2.05) is 18.2 Å². The number of benzene rings is 2. The molecule has 0 aliphatic rings. The molecule has 0 aliphatic heterocycles. The van der Waals surface area contributed by atoms with Gasteiger partial charge >= 0.3 is 0 Å². The minimum atomic E-state index is -0.321. The van der Waals surface area contributed by atoms with E-state index in [1.54, 1.807) is 42.5 Å². The Bertz CT molecular complexity index is 1110. The van der Waals surface area contributed by atoms with Gasteiger partial charge < -0.3 is 15.1 Å². The van der Waals surface area contributed by atoms with Crippen molar-refractivity contribution >= 4 is 17.5 Å². The topological polar surface area (TPSA) is 115 Å². The number of hydrogen-bond acceptors (Lipinski definition) is 6. The normalized spacial score (nSPS) is 10.5. The molecule has 9 heteroatoms. The summed E-state index contributed by atoms with van der Waals surface area (Å²) in [7, 11) is 0. The van der Waals surface area contributed by atoms with Crippen LogP contribution < -0.4 is 10.6 Å². The van der Waals surface area contributed by atoms with Crippen molar-refractivity contribution in [1.82, 2.24) is 25.5 Å². The van der Waals surface area contributed by atoms with Crippen LogP contribution in [0, 0.1) is 0 Å². The lowest BCUT2D eigenvalue weighted by Crippen LogP contribution is -2.23. The molecule has 0 bridgehead atoms. The Kier molecular flexibility index (Phi) is 5.10. The number of nitrogens with one attached hydrogen (secondary N) is 2. The number of aromatic nitrogens is 4. The van der Waals surface area contributed by atoms with E-state index in [-0.39, 0.29) is 17.6 Å². The third-order valence-corrected chi connectivity index (χ3v) is 4.13. The standard InChI is InChI=1S/C20H16N6O3/c27-19(15-3-1-4-17(11-15)26-13-22-24-25-26)21-12-14-6-8-16(9-7-14)23-20(28)18-5-2-10-29-18/h1-11,13H,12H2,(H,21,27)(H,23,28). The van der Waals surface area contributed by atoms with Crippen molar-refractivity contribution in [3.05, 3.63) is 90.1 Å². The van der Waals surface area contributed by atoms with Gasteiger partial charge in [-0.05, 0) is 58.5 Å². The van der Waals surface area contributed by atoms with Gasteiger partial charge in [-0.3, -0.25) is 9.59 Å². The first kappa shape index (κ1) is 18.1. The second kappa shape index (κ2) is 8.17. The maximum absolute atomic E-state index is 12.4. The number of tetrazole rings is 1. The number of amides is 2. The van der Waals surface area contributed by atoms with Crippen LogP contribution in [0.25, 0.3) is 5.69 Å². The van der Waals surface area contributed by atoms with Gasteiger partial charge in [0.1, 0.15) is 6.33 Å². The smallest absolute Gasteiger partial charge is 0.291 e. The predicted octanol–water partition coefficient (Wildman–Crippen LogP) is 2.44. The van der Waals surface area contributed by atoms with Gasteiger partial charge in [-0.15, -0.1) is 5.10 Å². The summed E-state index contributed by atoms with van der Waals surface area (Å²) < 4.78 is 6.54. The zero-order valence-electron chi connectivity index (χ0n) is 15.1. The first-order chi connectivity index (χ1) is 14.2. The van der Waals surface area contributed by atoms with Gasteiger partial charge in [0.25, 0.3) is 11.8 Å². The number of rotatable bonds is 6. The highest BCUT2D eigenvalue weighted by Gasteiger charge is 2.10. The monoisotopic (exact) mass is 388 g/mol. The van der Waals surface area contributed by atoms with E-state index in [2.05, 4.69) is 26.2 Å². The van der Waals surface area contributed by atoms with Gasteiger partial charge in [-0.2, -0.15) is 0 Å². The fraction of sp³-hybridized carbons (Fsp3) is 0.0500. The molecule has 2 heterocycles. The molecule has 4 rings (SSSR count). The summed E-state index contributed by atoms with van der Waals surface area (Å²) in [6.07, 6.45) is 2.91. The van der Waals surface area contributed by atoms with Gasteiger partial charge in [0.2, 0.25) is 0 Å². The van der Waals surface area contributed by atoms with Gasteiger partial charge in [0.15, 0.2) is 5.76 Å². The number of anilines is 1. The largest absolute Gasteiger partial charge is 0.459 e. The van der Waals surface area contributed by atoms with E-state index in [1.165, 1.54) is 17.3 Å². The number of nitrogens with zero attached hydrogens (tertiary/aromatic N) is 4. The molecule has 2 aromatic carbocycles. The van der Waals surface area contributed by atoms with E-state index in [0.717, 1.165) is 5.56 Å². The van der Waals surface area contributed by atoms with E-state index in [0.29, 0.717) is 23.5 Å². The quantitative estimate of drug-likeness (QED) is 0.524. The number of carbonyl (C=O) groups excluding carboxylic acids is 2. The Morgan fingerprint density at radius 3 is 2.59 bits per heavy atom. The molecule has 0 aliphatic carbocycles. The molecule has 29 heavy (non-hydrogen) atoms. The summed E-state index contributed by atoms with van der Waals surface area (Å²) in [6.45, 7) is 0.348. The van der Waals surface area contributed by atoms with Crippen LogP contribution in [0.15, 0.2) is 77.7 Å². The molecular formula is C20H16N6O3. The van der Waals surface area contributed by atoms with Crippen LogP contribution in [-0.4, -0.2) is 32.0 Å². The van der Waals surface area contributed by atoms with Gasteiger partial charge in [0.05, 0.1) is 12.0 Å². The van der Waals surface area contributed by atoms with E-state index in [4.69, 9.17) is 4.42 Å². The Morgan fingerprint density at radius 1 is 1.00 bits per heavy atom. The third-order valence-electron chi connectivity index (χ3n) is 4.13. The van der Waals surface area contributed by atoms with Gasteiger partial charge in [-0.25, -0.2) is 4.68 Å². The summed E-state index contributed by atoms with van der Waals surface area (Å²) in [5, 5.41) is 16.6. The fourth-order valence-electron chi connectivity index (χ4n) is 2.66. The zero-order valence-corrected chi connectivity index (χ0v) is 15.1. The van der Waals surface area contributed by atoms with Crippen molar-refractivity contribution in [2.45, 2.75) is 6.54 Å². The summed E-state index contributed by atoms with van der Waals surface area (Å²) in [4.78, 5) is 24.4. The maximum Gasteiger partial charge on any atom is 0.291 e. The average molecular weight is 388 g/mol. The lowest BCUT2D eigenvalue weighted by molar-refractivity contribution is 0.0949. The highest BCUT2D eigenvalue weighted by molar-refractivity contribution is 6.02. The predicted molar refractivity (Wildman–Crippen MR) is 103 cm³/mol. The van der Waals surface area contributed by atoms with Crippen molar-refractivity contribution < 1.29 is 14.0 Å². The number of hydrogen-bond donors (Lipinski definition) is 2. The average Bonchev–Trinajstić information content (AvgIpc) is 3.47. The summed E-state index contributed by atoms with van der Waals surface area (Å²) in [6, 6.07) is 17.4. The Labute approximate surface area is 165 Å². The molecular weight excluding hydrogens is 372 g/mol. The third kappa shape index (κ3) is 4.35. The minimum absolute atomic E-state index is 0.213. The minimum Gasteiger partial charge on any atom is -0.459 e. The second-order valence-corrected chi connectivity index (χ2v) is 6.12. The molecule has 0 radical (unpaired) electrons. The highest BCUT2D eigenvalue weighted by Crippen LogP contribution is 2.13. The summed E-state index contributed by atoms with van der Waals surface area (Å²) in [5.41, 5.74) is 2.72. The SMILES string of the molecule is O=C(NCc1ccc(NC(=O)c2ccco2)cc1)c1cccc(-n2cnnn2)c1. The molecule has 0 spiro atoms. The van der Waals surface area contributed by atoms with Gasteiger partial charge in [0, 0.05) is 17.8 Å². The van der Waals surface area contributed by atoms with E-state index < -0.39 is 0 Å². The van der Waals surface area contributed by atoms with Crippen LogP contribution in [0.4, 0.5) is 5.69 Å². The molecule has 9 nitrogen and oxygen atoms in total. The van der Waals surface area contributed by atoms with Crippen LogP contribution >= 0.6 is 0 Å². The molecule has 0 atom stereocenters. The lowest BCUT2D eigenvalue weighted by atomic mass is 10.1. The van der Waals surface area contributed by atoms with Crippen LogP contribution in [0.3, 0.4) is 0 Å². The summed E-state index contributed by atoms with van der Waals surface area (Å²) in [5.74, 6) is -0.293. The highest BCUT2D eigenvalue weighted by atomic mass is 16.3. The van der Waals surface area contributed by atoms with E-state index >= 15 is 0 Å². The van der Waals surface area contributed by atoms with Crippen molar-refractivity contribution in [2.24, 2.45) is 0 Å². The number of furan rings is 1. The molecule has 0 saturated heterocycles. The zero-order chi connectivity index (χ0) is 20.1. The number of carbonyl (C=O) groups is 2. The van der Waals surface area contributed by atoms with Crippen LogP contribution in [0.5, 0.6) is 0 Å². The van der Waals surface area contributed by atoms with Crippen molar-refractivity contribution in [2.75, 3.05) is 5.32 Å². The van der Waals surface area contributed by atoms with Crippen molar-refractivity contribution in [3.8, 4) is 5.69 Å². The van der Waals surface area contributed by atoms with Crippen molar-refractivity contribution in [3.63, 3.8) is 0 Å².